The van der Waals surface area contributed by atoms with Crippen molar-refractivity contribution in [3.8, 4) is 34.9 Å². The highest BCUT2D eigenvalue weighted by atomic mass is 15.1. The monoisotopic (exact) mass is 537 g/mol. The Hall–Kier alpha value is -5.91. The number of allylic oxidation sites excluding steroid dienone is 1. The molecule has 4 aromatic carbocycles. The number of pyridine rings is 1. The average Bonchev–Trinajstić information content (AvgIpc) is 3.57. The Balaban J connectivity index is 1.60. The quantitative estimate of drug-likeness (QED) is 0.227. The van der Waals surface area contributed by atoms with Gasteiger partial charge in [0.2, 0.25) is 0 Å². The predicted octanol–water partition coefficient (Wildman–Crippen LogP) is 8.49. The van der Waals surface area contributed by atoms with Crippen molar-refractivity contribution in [1.82, 2.24) is 14.1 Å². The second-order valence-corrected chi connectivity index (χ2v) is 10.5. The van der Waals surface area contributed by atoms with Crippen LogP contribution in [0.15, 0.2) is 109 Å². The molecule has 0 aliphatic heterocycles. The molecule has 0 amide bonds. The molecule has 0 fully saturated rings. The van der Waals surface area contributed by atoms with E-state index < -0.39 is 0 Å². The molecule has 7 aromatic rings. The third-order valence-corrected chi connectivity index (χ3v) is 8.30. The van der Waals surface area contributed by atoms with Crippen molar-refractivity contribution in [2.24, 2.45) is 0 Å². The highest BCUT2D eigenvalue weighted by Gasteiger charge is 2.28. The molecule has 0 N–H and O–H groups in total. The Morgan fingerprint density at radius 1 is 0.595 bits per heavy atom. The van der Waals surface area contributed by atoms with Gasteiger partial charge in [-0.15, -0.1) is 0 Å². The zero-order valence-corrected chi connectivity index (χ0v) is 22.6. The lowest BCUT2D eigenvalue weighted by molar-refractivity contribution is 0.863. The number of nitrogens with zero attached hydrogens (tertiary/aromatic N) is 5. The van der Waals surface area contributed by atoms with Crippen LogP contribution in [0.3, 0.4) is 0 Å². The summed E-state index contributed by atoms with van der Waals surface area (Å²) in [6.07, 6.45) is 6.13. The molecule has 196 valence electrons. The summed E-state index contributed by atoms with van der Waals surface area (Å²) in [6.45, 7) is 0. The van der Waals surface area contributed by atoms with Crippen molar-refractivity contribution in [2.75, 3.05) is 0 Å². The number of benzene rings is 4. The van der Waals surface area contributed by atoms with Gasteiger partial charge in [-0.25, -0.2) is 4.98 Å². The van der Waals surface area contributed by atoms with Crippen LogP contribution >= 0.6 is 0 Å². The maximum Gasteiger partial charge on any atom is 0.158 e. The summed E-state index contributed by atoms with van der Waals surface area (Å²) in [4.78, 5) is 5.30. The fourth-order valence-electron chi connectivity index (χ4n) is 6.55. The smallest absolute Gasteiger partial charge is 0.158 e. The van der Waals surface area contributed by atoms with Crippen LogP contribution in [-0.2, 0) is 6.42 Å². The highest BCUT2D eigenvalue weighted by molar-refractivity contribution is 6.09. The molecule has 0 atom stereocenters. The molecule has 0 radical (unpaired) electrons. The van der Waals surface area contributed by atoms with E-state index in [-0.39, 0.29) is 0 Å². The number of fused-ring (bicyclic) bond motifs is 6. The fraction of sp³-hybridized carbons (Fsp3) is 0.0541. The Labute approximate surface area is 242 Å². The van der Waals surface area contributed by atoms with Crippen LogP contribution in [-0.4, -0.2) is 14.1 Å². The van der Waals surface area contributed by atoms with E-state index in [4.69, 9.17) is 4.98 Å². The summed E-state index contributed by atoms with van der Waals surface area (Å²) in [5, 5.41) is 24.9. The number of nitriles is 2. The van der Waals surface area contributed by atoms with Gasteiger partial charge in [-0.1, -0.05) is 97.1 Å². The zero-order valence-electron chi connectivity index (χ0n) is 22.6. The number of rotatable bonds is 3. The lowest BCUT2D eigenvalue weighted by Gasteiger charge is -2.20. The van der Waals surface area contributed by atoms with Gasteiger partial charge < -0.3 is 0 Å². The van der Waals surface area contributed by atoms with Crippen molar-refractivity contribution in [1.29, 1.82) is 10.5 Å². The summed E-state index contributed by atoms with van der Waals surface area (Å²) < 4.78 is 4.23. The lowest BCUT2D eigenvalue weighted by atomic mass is 9.95. The Kier molecular flexibility index (Phi) is 5.32. The van der Waals surface area contributed by atoms with E-state index in [2.05, 4.69) is 69.8 Å². The summed E-state index contributed by atoms with van der Waals surface area (Å²) in [7, 11) is 0. The largest absolute Gasteiger partial charge is 0.296 e. The first kappa shape index (κ1) is 23.9. The molecule has 1 aliphatic carbocycles. The van der Waals surface area contributed by atoms with Crippen molar-refractivity contribution < 1.29 is 0 Å². The van der Waals surface area contributed by atoms with Gasteiger partial charge >= 0.3 is 0 Å². The van der Waals surface area contributed by atoms with Crippen molar-refractivity contribution >= 4 is 38.8 Å². The molecule has 0 spiro atoms. The third kappa shape index (κ3) is 3.32. The minimum atomic E-state index is 0.373. The summed E-state index contributed by atoms with van der Waals surface area (Å²) in [6, 6.07) is 39.4. The maximum absolute atomic E-state index is 10.8. The molecular formula is C37H23N5. The predicted molar refractivity (Wildman–Crippen MR) is 168 cm³/mol. The summed E-state index contributed by atoms with van der Waals surface area (Å²) in [5.74, 6) is 1.06. The van der Waals surface area contributed by atoms with E-state index in [1.807, 2.05) is 66.7 Å². The van der Waals surface area contributed by atoms with Crippen LogP contribution in [0.5, 0.6) is 0 Å². The first-order valence-electron chi connectivity index (χ1n) is 14.0. The molecule has 3 aromatic heterocycles. The minimum absolute atomic E-state index is 0.373. The van der Waals surface area contributed by atoms with E-state index in [1.54, 1.807) is 0 Å². The van der Waals surface area contributed by atoms with Crippen molar-refractivity contribution in [3.63, 3.8) is 0 Å². The lowest BCUT2D eigenvalue weighted by Crippen LogP contribution is -2.13. The number of aromatic nitrogens is 3. The van der Waals surface area contributed by atoms with Crippen LogP contribution in [0.25, 0.3) is 61.5 Å². The number of hydrogen-bond acceptors (Lipinski definition) is 3. The maximum atomic E-state index is 10.8. The van der Waals surface area contributed by atoms with E-state index >= 15 is 0 Å². The Bertz CT molecular complexity index is 2270. The normalized spacial score (nSPS) is 12.4. The van der Waals surface area contributed by atoms with Crippen LogP contribution in [0.2, 0.25) is 0 Å². The molecule has 5 heteroatoms. The van der Waals surface area contributed by atoms with Crippen LogP contribution in [0.4, 0.5) is 0 Å². The van der Waals surface area contributed by atoms with Gasteiger partial charge in [0.05, 0.1) is 16.6 Å². The minimum Gasteiger partial charge on any atom is -0.296 e. The van der Waals surface area contributed by atoms with E-state index in [0.717, 1.165) is 62.4 Å². The van der Waals surface area contributed by atoms with Crippen LogP contribution in [0, 0.1) is 22.7 Å². The molecule has 0 unspecified atom stereocenters. The van der Waals surface area contributed by atoms with Crippen LogP contribution < -0.4 is 0 Å². The SMILES string of the molecule is N#Cc1c(-n2c3c(c4ccccc42)C=CCC3)nc(-n2c3ccccc3c3ccccc32)c(C#N)c1-c1ccccc1. The Morgan fingerprint density at radius 3 is 1.74 bits per heavy atom. The molecule has 8 rings (SSSR count). The van der Waals surface area contributed by atoms with Crippen molar-refractivity contribution in [3.05, 3.63) is 132 Å². The van der Waals surface area contributed by atoms with Crippen LogP contribution in [0.1, 0.15) is 28.8 Å². The summed E-state index contributed by atoms with van der Waals surface area (Å²) in [5.41, 5.74) is 7.36. The second kappa shape index (κ2) is 9.34. The summed E-state index contributed by atoms with van der Waals surface area (Å²) >= 11 is 0. The first-order valence-corrected chi connectivity index (χ1v) is 14.0. The number of para-hydroxylation sites is 3. The molecule has 42 heavy (non-hydrogen) atoms. The van der Waals surface area contributed by atoms with Gasteiger partial charge in [-0.3, -0.25) is 9.13 Å². The second-order valence-electron chi connectivity index (χ2n) is 10.5. The molecule has 5 nitrogen and oxygen atoms in total. The van der Waals surface area contributed by atoms with Gasteiger partial charge in [0, 0.05) is 33.0 Å². The average molecular weight is 538 g/mol. The first-order chi connectivity index (χ1) is 20.8. The molecule has 1 aliphatic rings. The standard InChI is InChI=1S/C37H23N5/c38-22-29-35(24-12-2-1-3-13-24)30(23-39)37(42-33-20-10-6-16-27(33)28-17-7-11-21-34(28)42)40-36(29)41-31-18-8-4-14-25(31)26-15-5-9-19-32(26)41/h1-10,12-20H,11,21H2. The third-order valence-electron chi connectivity index (χ3n) is 8.30. The number of hydrogen-bond donors (Lipinski definition) is 0. The van der Waals surface area contributed by atoms with E-state index in [1.165, 1.54) is 0 Å². The molecule has 0 bridgehead atoms. The van der Waals surface area contributed by atoms with E-state index in [9.17, 15) is 10.5 Å². The van der Waals surface area contributed by atoms with Gasteiger partial charge in [0.25, 0.3) is 0 Å². The van der Waals surface area contributed by atoms with E-state index in [0.29, 0.717) is 28.3 Å². The zero-order chi connectivity index (χ0) is 28.2. The molecular weight excluding hydrogens is 514 g/mol. The fourth-order valence-corrected chi connectivity index (χ4v) is 6.55. The van der Waals surface area contributed by atoms with Crippen molar-refractivity contribution in [2.45, 2.75) is 12.8 Å². The van der Waals surface area contributed by atoms with Gasteiger partial charge in [-0.2, -0.15) is 10.5 Å². The molecule has 0 saturated carbocycles. The van der Waals surface area contributed by atoms with Gasteiger partial charge in [-0.05, 0) is 36.6 Å². The van der Waals surface area contributed by atoms with Gasteiger partial charge in [0.1, 0.15) is 23.3 Å². The Morgan fingerprint density at radius 2 is 1.12 bits per heavy atom. The topological polar surface area (TPSA) is 70.3 Å². The molecule has 3 heterocycles. The highest BCUT2D eigenvalue weighted by Crippen LogP contribution is 2.41. The van der Waals surface area contributed by atoms with Gasteiger partial charge in [0.15, 0.2) is 11.6 Å². The molecule has 0 saturated heterocycles.